The number of carbonyl (C=O) groups excluding carboxylic acids is 2. The molecule has 1 aliphatic rings. The van der Waals surface area contributed by atoms with E-state index in [2.05, 4.69) is 0 Å². The molecule has 0 saturated heterocycles. The van der Waals surface area contributed by atoms with Gasteiger partial charge >= 0.3 is 0 Å². The molecule has 2 unspecified atom stereocenters. The Hall–Kier alpha value is -1.60. The fourth-order valence-electron chi connectivity index (χ4n) is 2.12. The minimum absolute atomic E-state index is 0.0426. The van der Waals surface area contributed by atoms with Crippen molar-refractivity contribution in [1.82, 2.24) is 4.72 Å². The Morgan fingerprint density at radius 3 is 2.48 bits per heavy atom. The van der Waals surface area contributed by atoms with Gasteiger partial charge in [-0.2, -0.15) is 0 Å². The number of benzene rings is 1. The average Bonchev–Trinajstić information content (AvgIpc) is 3.07. The average molecular weight is 353 g/mol. The van der Waals surface area contributed by atoms with Crippen LogP contribution in [0.5, 0.6) is 0 Å². The van der Waals surface area contributed by atoms with Crippen LogP contribution in [0.3, 0.4) is 0 Å². The highest BCUT2D eigenvalue weighted by Gasteiger charge is 2.22. The summed E-state index contributed by atoms with van der Waals surface area (Å²) in [4.78, 5) is 24.2. The molecule has 2 rings (SSSR count). The Kier molecular flexibility index (Phi) is 5.64. The number of sulfonamides is 1. The molecule has 23 heavy (non-hydrogen) atoms. The summed E-state index contributed by atoms with van der Waals surface area (Å²) in [5.41, 5.74) is 1.26. The number of Topliss-reactive ketones (excluding diaryl/α,β-unsaturated/α-hetero) is 1. The second-order valence-corrected chi connectivity index (χ2v) is 8.45. The highest BCUT2D eigenvalue weighted by Crippen LogP contribution is 2.24. The molecule has 7 heteroatoms. The zero-order chi connectivity index (χ0) is 17.0. The van der Waals surface area contributed by atoms with Crippen molar-refractivity contribution in [3.8, 4) is 0 Å². The van der Waals surface area contributed by atoms with E-state index < -0.39 is 21.8 Å². The number of nitrogens with one attached hydrogen (secondary N) is 1. The molecule has 1 heterocycles. The Bertz CT molecular complexity index is 723. The quantitative estimate of drug-likeness (QED) is 0.626. The SMILES string of the molecule is CCS(=O)(=O)NC(=O)C(C)c1ccc(C(=O)C2C=CCS2)cc1. The van der Waals surface area contributed by atoms with E-state index in [1.54, 1.807) is 43.0 Å². The Morgan fingerprint density at radius 1 is 1.30 bits per heavy atom. The minimum atomic E-state index is -3.57. The van der Waals surface area contributed by atoms with E-state index in [1.807, 2.05) is 16.9 Å². The number of hydrogen-bond donors (Lipinski definition) is 1. The molecule has 0 spiro atoms. The lowest BCUT2D eigenvalue weighted by molar-refractivity contribution is -0.120. The van der Waals surface area contributed by atoms with Crippen LogP contribution in [0.2, 0.25) is 0 Å². The van der Waals surface area contributed by atoms with Crippen molar-refractivity contribution in [3.05, 3.63) is 47.5 Å². The van der Waals surface area contributed by atoms with Crippen LogP contribution < -0.4 is 4.72 Å². The van der Waals surface area contributed by atoms with Gasteiger partial charge in [0.1, 0.15) is 0 Å². The minimum Gasteiger partial charge on any atom is -0.293 e. The number of carbonyl (C=O) groups is 2. The summed E-state index contributed by atoms with van der Waals surface area (Å²) in [7, 11) is -3.57. The summed E-state index contributed by atoms with van der Waals surface area (Å²) in [5, 5.41) is -0.142. The molecule has 124 valence electrons. The van der Waals surface area contributed by atoms with Crippen molar-refractivity contribution < 1.29 is 18.0 Å². The topological polar surface area (TPSA) is 80.3 Å². The second kappa shape index (κ2) is 7.31. The summed E-state index contributed by atoms with van der Waals surface area (Å²) in [6.07, 6.45) is 3.87. The summed E-state index contributed by atoms with van der Waals surface area (Å²) >= 11 is 1.58. The van der Waals surface area contributed by atoms with Crippen molar-refractivity contribution in [3.63, 3.8) is 0 Å². The Labute approximate surface area is 140 Å². The van der Waals surface area contributed by atoms with Gasteiger partial charge in [-0.05, 0) is 19.4 Å². The summed E-state index contributed by atoms with van der Waals surface area (Å²) in [5.74, 6) is -0.439. The molecular formula is C16H19NO4S2. The molecule has 1 aromatic carbocycles. The molecule has 0 bridgehead atoms. The van der Waals surface area contributed by atoms with Crippen LogP contribution in [-0.2, 0) is 14.8 Å². The van der Waals surface area contributed by atoms with Crippen LogP contribution in [0, 0.1) is 0 Å². The first-order valence-corrected chi connectivity index (χ1v) is 10.0. The summed E-state index contributed by atoms with van der Waals surface area (Å²) in [6.45, 7) is 3.10. The van der Waals surface area contributed by atoms with Crippen LogP contribution in [0.25, 0.3) is 0 Å². The first-order valence-electron chi connectivity index (χ1n) is 7.31. The standard InChI is InChI=1S/C16H19NO4S2/c1-3-23(20,21)17-16(19)11(2)12-6-8-13(9-7-12)15(18)14-5-4-10-22-14/h4-9,11,14H,3,10H2,1-2H3,(H,17,19). The zero-order valence-corrected chi connectivity index (χ0v) is 14.6. The third kappa shape index (κ3) is 4.45. The molecule has 1 N–H and O–H groups in total. The monoisotopic (exact) mass is 353 g/mol. The van der Waals surface area contributed by atoms with E-state index in [1.165, 1.54) is 6.92 Å². The first-order chi connectivity index (χ1) is 10.8. The predicted octanol–water partition coefficient (Wildman–Crippen LogP) is 2.11. The van der Waals surface area contributed by atoms with Crippen molar-refractivity contribution >= 4 is 33.5 Å². The largest absolute Gasteiger partial charge is 0.293 e. The van der Waals surface area contributed by atoms with Crippen LogP contribution in [0.1, 0.15) is 35.7 Å². The van der Waals surface area contributed by atoms with Crippen molar-refractivity contribution in [1.29, 1.82) is 0 Å². The molecule has 0 saturated carbocycles. The van der Waals surface area contributed by atoms with E-state index in [0.29, 0.717) is 11.1 Å². The molecule has 0 aromatic heterocycles. The van der Waals surface area contributed by atoms with E-state index in [9.17, 15) is 18.0 Å². The second-order valence-electron chi connectivity index (χ2n) is 5.26. The van der Waals surface area contributed by atoms with Crippen LogP contribution in [0.15, 0.2) is 36.4 Å². The maximum atomic E-state index is 12.3. The molecule has 5 nitrogen and oxygen atoms in total. The maximum absolute atomic E-state index is 12.3. The van der Waals surface area contributed by atoms with E-state index in [0.717, 1.165) is 5.75 Å². The third-order valence-electron chi connectivity index (χ3n) is 3.67. The van der Waals surface area contributed by atoms with Gasteiger partial charge in [-0.3, -0.25) is 14.3 Å². The van der Waals surface area contributed by atoms with Gasteiger partial charge < -0.3 is 0 Å². The molecule has 0 radical (unpaired) electrons. The highest BCUT2D eigenvalue weighted by molar-refractivity contribution is 8.01. The number of amides is 1. The Morgan fingerprint density at radius 2 is 1.96 bits per heavy atom. The lowest BCUT2D eigenvalue weighted by Gasteiger charge is -2.13. The van der Waals surface area contributed by atoms with Gasteiger partial charge in [0.15, 0.2) is 5.78 Å². The van der Waals surface area contributed by atoms with Crippen molar-refractivity contribution in [2.24, 2.45) is 0 Å². The fourth-order valence-corrected chi connectivity index (χ4v) is 3.69. The van der Waals surface area contributed by atoms with Gasteiger partial charge in [0.25, 0.3) is 0 Å². The highest BCUT2D eigenvalue weighted by atomic mass is 32.2. The van der Waals surface area contributed by atoms with E-state index in [4.69, 9.17) is 0 Å². The van der Waals surface area contributed by atoms with Gasteiger partial charge in [-0.15, -0.1) is 11.8 Å². The molecule has 0 fully saturated rings. The number of ketones is 1. The molecule has 0 aliphatic carbocycles. The fraction of sp³-hybridized carbons (Fsp3) is 0.375. The first kappa shape index (κ1) is 17.7. The van der Waals surface area contributed by atoms with Crippen LogP contribution in [0.4, 0.5) is 0 Å². The van der Waals surface area contributed by atoms with Crippen molar-refractivity contribution in [2.75, 3.05) is 11.5 Å². The molecule has 1 aliphatic heterocycles. The van der Waals surface area contributed by atoms with Gasteiger partial charge in [-0.25, -0.2) is 8.42 Å². The predicted molar refractivity (Wildman–Crippen MR) is 92.2 cm³/mol. The summed E-state index contributed by atoms with van der Waals surface area (Å²) < 4.78 is 24.9. The van der Waals surface area contributed by atoms with Gasteiger partial charge in [-0.1, -0.05) is 36.4 Å². The van der Waals surface area contributed by atoms with E-state index in [-0.39, 0.29) is 16.8 Å². The molecule has 1 aromatic rings. The van der Waals surface area contributed by atoms with Crippen molar-refractivity contribution in [2.45, 2.75) is 25.0 Å². The molecule has 2 atom stereocenters. The third-order valence-corrected chi connectivity index (χ3v) is 6.05. The molecule has 1 amide bonds. The lowest BCUT2D eigenvalue weighted by atomic mass is 9.98. The lowest BCUT2D eigenvalue weighted by Crippen LogP contribution is -2.34. The van der Waals surface area contributed by atoms with Gasteiger partial charge in [0, 0.05) is 11.3 Å². The van der Waals surface area contributed by atoms with E-state index >= 15 is 0 Å². The zero-order valence-electron chi connectivity index (χ0n) is 13.0. The Balaban J connectivity index is 2.08. The normalized spacial score (nSPS) is 18.6. The maximum Gasteiger partial charge on any atom is 0.240 e. The molecular weight excluding hydrogens is 334 g/mol. The number of rotatable bonds is 6. The number of thioether (sulfide) groups is 1. The smallest absolute Gasteiger partial charge is 0.240 e. The van der Waals surface area contributed by atoms with Gasteiger partial charge in [0.05, 0.1) is 16.9 Å². The summed E-state index contributed by atoms with van der Waals surface area (Å²) in [6, 6.07) is 6.75. The van der Waals surface area contributed by atoms with Crippen LogP contribution in [-0.4, -0.2) is 36.9 Å². The number of hydrogen-bond acceptors (Lipinski definition) is 5. The van der Waals surface area contributed by atoms with Crippen LogP contribution >= 0.6 is 11.8 Å². The van der Waals surface area contributed by atoms with Gasteiger partial charge in [0.2, 0.25) is 15.9 Å².